The van der Waals surface area contributed by atoms with Crippen LogP contribution in [0.4, 0.5) is 0 Å². The summed E-state index contributed by atoms with van der Waals surface area (Å²) in [5, 5.41) is 3.42. The number of nitrogens with zero attached hydrogens (tertiary/aromatic N) is 3. The van der Waals surface area contributed by atoms with Gasteiger partial charge in [-0.3, -0.25) is 14.6 Å². The summed E-state index contributed by atoms with van der Waals surface area (Å²) in [6.07, 6.45) is 4.95. The van der Waals surface area contributed by atoms with Gasteiger partial charge < -0.3 is 15.1 Å². The second-order valence-electron chi connectivity index (χ2n) is 5.79. The summed E-state index contributed by atoms with van der Waals surface area (Å²) < 4.78 is 0. The maximum Gasteiger partial charge on any atom is 0.255 e. The van der Waals surface area contributed by atoms with Gasteiger partial charge in [0.2, 0.25) is 0 Å². The molecule has 0 atom stereocenters. The standard InChI is InChI=1S/C16H24N4O2/c1-4-18-14-5-7-20(8-6-14)16(22)13-9-12(10-17-11-13)15(21)19(2)3/h9-11,14,18H,4-8H2,1-3H3. The molecule has 1 aromatic heterocycles. The molecule has 0 aliphatic carbocycles. The molecule has 1 aliphatic rings. The van der Waals surface area contributed by atoms with Crippen LogP contribution in [0.25, 0.3) is 0 Å². The summed E-state index contributed by atoms with van der Waals surface area (Å²) in [6, 6.07) is 2.13. The van der Waals surface area contributed by atoms with E-state index in [0.717, 1.165) is 32.5 Å². The summed E-state index contributed by atoms with van der Waals surface area (Å²) in [7, 11) is 3.37. The van der Waals surface area contributed by atoms with Crippen molar-refractivity contribution in [3.8, 4) is 0 Å². The van der Waals surface area contributed by atoms with Gasteiger partial charge in [0.25, 0.3) is 11.8 Å². The van der Waals surface area contributed by atoms with E-state index in [1.165, 1.54) is 17.3 Å². The number of nitrogens with one attached hydrogen (secondary N) is 1. The zero-order valence-corrected chi connectivity index (χ0v) is 13.5. The smallest absolute Gasteiger partial charge is 0.255 e. The monoisotopic (exact) mass is 304 g/mol. The lowest BCUT2D eigenvalue weighted by molar-refractivity contribution is 0.0705. The Bertz CT molecular complexity index is 537. The maximum atomic E-state index is 12.5. The first-order valence-electron chi connectivity index (χ1n) is 7.72. The number of amides is 2. The number of aromatic nitrogens is 1. The van der Waals surface area contributed by atoms with Crippen molar-refractivity contribution < 1.29 is 9.59 Å². The maximum absolute atomic E-state index is 12.5. The highest BCUT2D eigenvalue weighted by Crippen LogP contribution is 2.14. The highest BCUT2D eigenvalue weighted by Gasteiger charge is 2.24. The quantitative estimate of drug-likeness (QED) is 0.901. The topological polar surface area (TPSA) is 65.5 Å². The van der Waals surface area contributed by atoms with Gasteiger partial charge >= 0.3 is 0 Å². The predicted octanol–water partition coefficient (Wildman–Crippen LogP) is 0.998. The van der Waals surface area contributed by atoms with E-state index in [-0.39, 0.29) is 11.8 Å². The van der Waals surface area contributed by atoms with Gasteiger partial charge in [-0.05, 0) is 25.5 Å². The summed E-state index contributed by atoms with van der Waals surface area (Å²) in [4.78, 5) is 31.9. The first kappa shape index (κ1) is 16.4. The van der Waals surface area contributed by atoms with Gasteiger partial charge in [-0.25, -0.2) is 0 Å². The molecule has 1 aliphatic heterocycles. The Kier molecular flexibility index (Phi) is 5.49. The van der Waals surface area contributed by atoms with Crippen LogP contribution in [-0.2, 0) is 0 Å². The molecule has 2 heterocycles. The van der Waals surface area contributed by atoms with Crippen molar-refractivity contribution >= 4 is 11.8 Å². The highest BCUT2D eigenvalue weighted by atomic mass is 16.2. The average molecular weight is 304 g/mol. The lowest BCUT2D eigenvalue weighted by Crippen LogP contribution is -2.44. The van der Waals surface area contributed by atoms with Crippen LogP contribution in [-0.4, -0.2) is 66.4 Å². The van der Waals surface area contributed by atoms with Crippen LogP contribution in [0.3, 0.4) is 0 Å². The SMILES string of the molecule is CCNC1CCN(C(=O)c2cncc(C(=O)N(C)C)c2)CC1. The fraction of sp³-hybridized carbons (Fsp3) is 0.562. The third kappa shape index (κ3) is 3.82. The molecule has 1 aromatic rings. The van der Waals surface area contributed by atoms with Crippen molar-refractivity contribution in [2.24, 2.45) is 0 Å². The van der Waals surface area contributed by atoms with Crippen LogP contribution < -0.4 is 5.32 Å². The lowest BCUT2D eigenvalue weighted by atomic mass is 10.0. The molecule has 120 valence electrons. The van der Waals surface area contributed by atoms with Crippen LogP contribution in [0.1, 0.15) is 40.5 Å². The summed E-state index contributed by atoms with van der Waals surface area (Å²) >= 11 is 0. The van der Waals surface area contributed by atoms with Crippen molar-refractivity contribution in [2.45, 2.75) is 25.8 Å². The van der Waals surface area contributed by atoms with Crippen LogP contribution in [0.15, 0.2) is 18.5 Å². The number of rotatable bonds is 4. The fourth-order valence-electron chi connectivity index (χ4n) is 2.69. The molecule has 0 spiro atoms. The number of likely N-dealkylation sites (tertiary alicyclic amines) is 1. The zero-order valence-electron chi connectivity index (χ0n) is 13.5. The molecular formula is C16H24N4O2. The first-order valence-corrected chi connectivity index (χ1v) is 7.72. The van der Waals surface area contributed by atoms with Crippen LogP contribution in [0.2, 0.25) is 0 Å². The third-order valence-corrected chi connectivity index (χ3v) is 3.91. The second kappa shape index (κ2) is 7.35. The van der Waals surface area contributed by atoms with Crippen molar-refractivity contribution in [1.29, 1.82) is 0 Å². The van der Waals surface area contributed by atoms with Crippen LogP contribution >= 0.6 is 0 Å². The summed E-state index contributed by atoms with van der Waals surface area (Å²) in [5.41, 5.74) is 0.924. The third-order valence-electron chi connectivity index (χ3n) is 3.91. The fourth-order valence-corrected chi connectivity index (χ4v) is 2.69. The first-order chi connectivity index (χ1) is 10.5. The van der Waals surface area contributed by atoms with Crippen molar-refractivity contribution in [3.63, 3.8) is 0 Å². The van der Waals surface area contributed by atoms with E-state index in [4.69, 9.17) is 0 Å². The highest BCUT2D eigenvalue weighted by molar-refractivity contribution is 5.99. The number of pyridine rings is 1. The van der Waals surface area contributed by atoms with E-state index in [9.17, 15) is 9.59 Å². The minimum absolute atomic E-state index is 0.0455. The molecule has 0 aromatic carbocycles. The number of carbonyl (C=O) groups excluding carboxylic acids is 2. The van der Waals surface area contributed by atoms with Gasteiger partial charge in [-0.1, -0.05) is 6.92 Å². The molecule has 1 N–H and O–H groups in total. The molecule has 22 heavy (non-hydrogen) atoms. The van der Waals surface area contributed by atoms with Crippen LogP contribution in [0.5, 0.6) is 0 Å². The molecule has 1 saturated heterocycles. The van der Waals surface area contributed by atoms with Crippen LogP contribution in [0, 0.1) is 0 Å². The molecule has 0 bridgehead atoms. The van der Waals surface area contributed by atoms with E-state index in [1.54, 1.807) is 20.2 Å². The van der Waals surface area contributed by atoms with E-state index < -0.39 is 0 Å². The Balaban J connectivity index is 2.04. The van der Waals surface area contributed by atoms with Gasteiger partial charge in [0.15, 0.2) is 0 Å². The van der Waals surface area contributed by atoms with E-state index in [2.05, 4.69) is 17.2 Å². The Labute approximate surface area is 131 Å². The van der Waals surface area contributed by atoms with Crippen molar-refractivity contribution in [1.82, 2.24) is 20.1 Å². The second-order valence-corrected chi connectivity index (χ2v) is 5.79. The number of hydrogen-bond donors (Lipinski definition) is 1. The molecule has 2 amide bonds. The normalized spacial score (nSPS) is 15.7. The largest absolute Gasteiger partial charge is 0.345 e. The minimum Gasteiger partial charge on any atom is -0.345 e. The molecule has 6 heteroatoms. The minimum atomic E-state index is -0.145. The summed E-state index contributed by atoms with van der Waals surface area (Å²) in [5.74, 6) is -0.191. The van der Waals surface area contributed by atoms with Gasteiger partial charge in [0, 0.05) is 45.6 Å². The molecular weight excluding hydrogens is 280 g/mol. The van der Waals surface area contributed by atoms with E-state index in [0.29, 0.717) is 17.2 Å². The van der Waals surface area contributed by atoms with Gasteiger partial charge in [-0.15, -0.1) is 0 Å². The zero-order chi connectivity index (χ0) is 16.1. The van der Waals surface area contributed by atoms with Crippen molar-refractivity contribution in [2.75, 3.05) is 33.7 Å². The van der Waals surface area contributed by atoms with Gasteiger partial charge in [0.1, 0.15) is 0 Å². The van der Waals surface area contributed by atoms with Crippen molar-refractivity contribution in [3.05, 3.63) is 29.6 Å². The molecule has 1 fully saturated rings. The van der Waals surface area contributed by atoms with Gasteiger partial charge in [0.05, 0.1) is 11.1 Å². The lowest BCUT2D eigenvalue weighted by Gasteiger charge is -2.32. The predicted molar refractivity (Wildman–Crippen MR) is 84.9 cm³/mol. The molecule has 6 nitrogen and oxygen atoms in total. The average Bonchev–Trinajstić information content (AvgIpc) is 2.54. The molecule has 2 rings (SSSR count). The summed E-state index contributed by atoms with van der Waals surface area (Å²) in [6.45, 7) is 4.53. The molecule has 0 unspecified atom stereocenters. The van der Waals surface area contributed by atoms with E-state index in [1.807, 2.05) is 4.90 Å². The Morgan fingerprint density at radius 3 is 2.50 bits per heavy atom. The number of carbonyl (C=O) groups is 2. The Morgan fingerprint density at radius 2 is 1.91 bits per heavy atom. The Morgan fingerprint density at radius 1 is 1.27 bits per heavy atom. The molecule has 0 radical (unpaired) electrons. The van der Waals surface area contributed by atoms with E-state index >= 15 is 0 Å². The Hall–Kier alpha value is -1.95. The number of hydrogen-bond acceptors (Lipinski definition) is 4. The number of piperidine rings is 1. The van der Waals surface area contributed by atoms with Gasteiger partial charge in [-0.2, -0.15) is 0 Å². The molecule has 0 saturated carbocycles.